The highest BCUT2D eigenvalue weighted by molar-refractivity contribution is 7.90. The van der Waals surface area contributed by atoms with Gasteiger partial charge < -0.3 is 14.8 Å². The molecule has 0 saturated heterocycles. The second-order valence-corrected chi connectivity index (χ2v) is 10.5. The fourth-order valence-electron chi connectivity index (χ4n) is 3.68. The maximum absolute atomic E-state index is 13.3. The number of nitrogens with zero attached hydrogens (tertiary/aromatic N) is 3. The lowest BCUT2D eigenvalue weighted by Crippen LogP contribution is -2.41. The zero-order chi connectivity index (χ0) is 24.7. The Morgan fingerprint density at radius 2 is 1.76 bits per heavy atom. The van der Waals surface area contributed by atoms with E-state index in [0.29, 0.717) is 30.9 Å². The summed E-state index contributed by atoms with van der Waals surface area (Å²) in [6, 6.07) is 14.7. The van der Waals surface area contributed by atoms with Crippen LogP contribution in [0.5, 0.6) is 0 Å². The summed E-state index contributed by atoms with van der Waals surface area (Å²) in [6.45, 7) is 7.41. The number of hydrogen-bond donors (Lipinski definition) is 1. The molecule has 9 heteroatoms. The van der Waals surface area contributed by atoms with Gasteiger partial charge in [0.05, 0.1) is 30.7 Å². The number of carbonyl (C=O) groups is 1. The van der Waals surface area contributed by atoms with Crippen LogP contribution in [0, 0.1) is 11.7 Å². The Morgan fingerprint density at radius 3 is 2.38 bits per heavy atom. The van der Waals surface area contributed by atoms with Crippen LogP contribution in [0.4, 0.5) is 9.18 Å². The minimum Gasteiger partial charge on any atom is -0.338 e. The topological polar surface area (TPSA) is 84.3 Å². The summed E-state index contributed by atoms with van der Waals surface area (Å²) in [5.41, 5.74) is 2.00. The summed E-state index contributed by atoms with van der Waals surface area (Å²) < 4.78 is 41.6. The quantitative estimate of drug-likeness (QED) is 0.465. The fourth-order valence-corrected chi connectivity index (χ4v) is 5.18. The Labute approximate surface area is 200 Å². The zero-order valence-electron chi connectivity index (χ0n) is 19.7. The number of rotatable bonds is 10. The third-order valence-electron chi connectivity index (χ3n) is 5.19. The first-order chi connectivity index (χ1) is 16.2. The molecule has 0 aliphatic rings. The molecule has 7 nitrogen and oxygen atoms in total. The van der Waals surface area contributed by atoms with Crippen molar-refractivity contribution >= 4 is 15.9 Å². The SMILES string of the molecule is CCNC(=O)N(Cc1cnc(S(=O)(=O)Cc2ccc(F)cc2)n1Cc1ccccc1)CC(C)C. The average molecular weight is 487 g/mol. The second kappa shape index (κ2) is 11.3. The third-order valence-corrected chi connectivity index (χ3v) is 6.78. The summed E-state index contributed by atoms with van der Waals surface area (Å²) in [5.74, 6) is -0.496. The van der Waals surface area contributed by atoms with E-state index in [0.717, 1.165) is 5.56 Å². The van der Waals surface area contributed by atoms with Gasteiger partial charge in [0.15, 0.2) is 0 Å². The number of hydrogen-bond acceptors (Lipinski definition) is 4. The van der Waals surface area contributed by atoms with Gasteiger partial charge in [-0.25, -0.2) is 22.6 Å². The van der Waals surface area contributed by atoms with Crippen molar-refractivity contribution in [3.8, 4) is 0 Å². The molecule has 1 N–H and O–H groups in total. The molecule has 0 aliphatic carbocycles. The summed E-state index contributed by atoms with van der Waals surface area (Å²) in [7, 11) is -3.84. The lowest BCUT2D eigenvalue weighted by Gasteiger charge is -2.25. The first kappa shape index (κ1) is 25.4. The number of urea groups is 1. The maximum atomic E-state index is 13.3. The van der Waals surface area contributed by atoms with Crippen LogP contribution in [-0.4, -0.2) is 42.0 Å². The molecule has 1 heterocycles. The Bertz CT molecular complexity index is 1190. The van der Waals surface area contributed by atoms with Crippen molar-refractivity contribution in [1.82, 2.24) is 19.8 Å². The van der Waals surface area contributed by atoms with Gasteiger partial charge in [0.25, 0.3) is 0 Å². The Balaban J connectivity index is 1.99. The number of sulfone groups is 1. The molecule has 2 aromatic carbocycles. The van der Waals surface area contributed by atoms with Crippen LogP contribution < -0.4 is 5.32 Å². The molecule has 3 rings (SSSR count). The normalized spacial score (nSPS) is 11.6. The van der Waals surface area contributed by atoms with Gasteiger partial charge in [-0.05, 0) is 36.1 Å². The highest BCUT2D eigenvalue weighted by Crippen LogP contribution is 2.21. The van der Waals surface area contributed by atoms with E-state index < -0.39 is 15.7 Å². The predicted octanol–water partition coefficient (Wildman–Crippen LogP) is 4.23. The van der Waals surface area contributed by atoms with Gasteiger partial charge in [-0.15, -0.1) is 0 Å². The van der Waals surface area contributed by atoms with Gasteiger partial charge in [-0.2, -0.15) is 0 Å². The van der Waals surface area contributed by atoms with Crippen LogP contribution in [0.25, 0.3) is 0 Å². The van der Waals surface area contributed by atoms with Gasteiger partial charge in [0.1, 0.15) is 5.82 Å². The van der Waals surface area contributed by atoms with Crippen molar-refractivity contribution in [3.63, 3.8) is 0 Å². The summed E-state index contributed by atoms with van der Waals surface area (Å²) >= 11 is 0. The molecule has 182 valence electrons. The summed E-state index contributed by atoms with van der Waals surface area (Å²) in [6.07, 6.45) is 1.52. The van der Waals surface area contributed by atoms with E-state index in [1.807, 2.05) is 51.1 Å². The number of nitrogens with one attached hydrogen (secondary N) is 1. The molecule has 1 aromatic heterocycles. The van der Waals surface area contributed by atoms with E-state index in [1.54, 1.807) is 9.47 Å². The van der Waals surface area contributed by atoms with Gasteiger partial charge in [-0.3, -0.25) is 0 Å². The van der Waals surface area contributed by atoms with E-state index in [9.17, 15) is 17.6 Å². The highest BCUT2D eigenvalue weighted by atomic mass is 32.2. The average Bonchev–Trinajstić information content (AvgIpc) is 3.18. The molecule has 0 aliphatic heterocycles. The first-order valence-electron chi connectivity index (χ1n) is 11.3. The molecule has 3 aromatic rings. The smallest absolute Gasteiger partial charge is 0.317 e. The standard InChI is InChI=1S/C25H31FN4O3S/c1-4-27-24(31)29(15-19(2)3)17-23-14-28-25(30(23)16-20-8-6-5-7-9-20)34(32,33)18-21-10-12-22(26)13-11-21/h5-14,19H,4,15-18H2,1-3H3,(H,27,31). The van der Waals surface area contributed by atoms with Crippen LogP contribution >= 0.6 is 0 Å². The van der Waals surface area contributed by atoms with Gasteiger partial charge >= 0.3 is 6.03 Å². The molecule has 2 amide bonds. The zero-order valence-corrected chi connectivity index (χ0v) is 20.6. The number of halogens is 1. The highest BCUT2D eigenvalue weighted by Gasteiger charge is 2.26. The van der Waals surface area contributed by atoms with Crippen molar-refractivity contribution in [1.29, 1.82) is 0 Å². The fraction of sp³-hybridized carbons (Fsp3) is 0.360. The lowest BCUT2D eigenvalue weighted by atomic mass is 10.2. The molecule has 34 heavy (non-hydrogen) atoms. The van der Waals surface area contributed by atoms with E-state index >= 15 is 0 Å². The molecular weight excluding hydrogens is 455 g/mol. The molecule has 0 atom stereocenters. The Morgan fingerprint density at radius 1 is 1.09 bits per heavy atom. The predicted molar refractivity (Wildman–Crippen MR) is 129 cm³/mol. The molecule has 0 fully saturated rings. The Kier molecular flexibility index (Phi) is 8.44. The molecular formula is C25H31FN4O3S. The van der Waals surface area contributed by atoms with Crippen molar-refractivity contribution in [2.24, 2.45) is 5.92 Å². The minimum absolute atomic E-state index is 0.0731. The number of amides is 2. The van der Waals surface area contributed by atoms with E-state index in [4.69, 9.17) is 0 Å². The first-order valence-corrected chi connectivity index (χ1v) is 12.9. The van der Waals surface area contributed by atoms with Crippen molar-refractivity contribution in [3.05, 3.63) is 83.4 Å². The van der Waals surface area contributed by atoms with Crippen molar-refractivity contribution in [2.75, 3.05) is 13.1 Å². The second-order valence-electron chi connectivity index (χ2n) is 8.60. The van der Waals surface area contributed by atoms with E-state index in [2.05, 4.69) is 10.3 Å². The van der Waals surface area contributed by atoms with Crippen LogP contribution in [0.2, 0.25) is 0 Å². The number of imidazole rings is 1. The minimum atomic E-state index is -3.84. The van der Waals surface area contributed by atoms with Gasteiger partial charge in [-0.1, -0.05) is 56.3 Å². The van der Waals surface area contributed by atoms with Crippen LogP contribution in [0.1, 0.15) is 37.6 Å². The van der Waals surface area contributed by atoms with Crippen LogP contribution in [-0.2, 0) is 28.7 Å². The monoisotopic (exact) mass is 486 g/mol. The van der Waals surface area contributed by atoms with E-state index in [-0.39, 0.29) is 29.4 Å². The van der Waals surface area contributed by atoms with Gasteiger partial charge in [0.2, 0.25) is 15.0 Å². The molecule has 0 saturated carbocycles. The molecule has 0 radical (unpaired) electrons. The number of carbonyl (C=O) groups excluding carboxylic acids is 1. The van der Waals surface area contributed by atoms with Crippen molar-refractivity contribution < 1.29 is 17.6 Å². The maximum Gasteiger partial charge on any atom is 0.317 e. The Hall–Kier alpha value is -3.20. The van der Waals surface area contributed by atoms with Gasteiger partial charge in [0, 0.05) is 13.1 Å². The molecule has 0 spiro atoms. The summed E-state index contributed by atoms with van der Waals surface area (Å²) in [5, 5.41) is 2.75. The number of aromatic nitrogens is 2. The lowest BCUT2D eigenvalue weighted by molar-refractivity contribution is 0.187. The number of benzene rings is 2. The van der Waals surface area contributed by atoms with Crippen LogP contribution in [0.3, 0.4) is 0 Å². The van der Waals surface area contributed by atoms with E-state index in [1.165, 1.54) is 30.5 Å². The molecule has 0 bridgehead atoms. The van der Waals surface area contributed by atoms with Crippen LogP contribution in [0.15, 0.2) is 66.0 Å². The van der Waals surface area contributed by atoms with Crippen molar-refractivity contribution in [2.45, 2.75) is 44.8 Å². The summed E-state index contributed by atoms with van der Waals surface area (Å²) in [4.78, 5) is 18.6. The largest absolute Gasteiger partial charge is 0.338 e. The third kappa shape index (κ3) is 6.66. The molecule has 0 unspecified atom stereocenters.